The normalized spacial score (nSPS) is 12.1. The molecule has 0 aliphatic carbocycles. The molecule has 0 bridgehead atoms. The van der Waals surface area contributed by atoms with Gasteiger partial charge in [0, 0.05) is 16.6 Å². The Hall–Kier alpha value is -2.56. The largest absolute Gasteiger partial charge is 0.274 e. The molecule has 0 spiro atoms. The number of thiazole rings is 1. The molecule has 0 unspecified atom stereocenters. The summed E-state index contributed by atoms with van der Waals surface area (Å²) >= 11 is 1.41. The van der Waals surface area contributed by atoms with Crippen LogP contribution in [0, 0.1) is 6.92 Å². The molecule has 1 amide bonds. The van der Waals surface area contributed by atoms with Gasteiger partial charge < -0.3 is 0 Å². The highest BCUT2D eigenvalue weighted by atomic mass is 32.2. The van der Waals surface area contributed by atoms with Crippen molar-refractivity contribution >= 4 is 37.1 Å². The number of sulfone groups is 1. The second kappa shape index (κ2) is 8.89. The summed E-state index contributed by atoms with van der Waals surface area (Å²) in [4.78, 5) is 16.8. The van der Waals surface area contributed by atoms with Crippen molar-refractivity contribution in [2.75, 3.05) is 0 Å². The van der Waals surface area contributed by atoms with Gasteiger partial charge in [0.25, 0.3) is 10.0 Å². The molecule has 1 aromatic heterocycles. The van der Waals surface area contributed by atoms with E-state index in [4.69, 9.17) is 0 Å². The third-order valence-electron chi connectivity index (χ3n) is 4.50. The Kier molecular flexibility index (Phi) is 6.63. The van der Waals surface area contributed by atoms with Crippen molar-refractivity contribution in [2.45, 2.75) is 42.2 Å². The summed E-state index contributed by atoms with van der Waals surface area (Å²) in [6, 6.07) is 12.1. The van der Waals surface area contributed by atoms with Crippen molar-refractivity contribution in [3.05, 3.63) is 65.2 Å². The van der Waals surface area contributed by atoms with E-state index in [1.54, 1.807) is 26.0 Å². The Labute approximate surface area is 186 Å². The van der Waals surface area contributed by atoms with Crippen LogP contribution in [0.15, 0.2) is 63.7 Å². The minimum Gasteiger partial charge on any atom is -0.274 e. The standard InChI is InChI=1S/C21H22N2O5S3/c1-14(2)30(25,26)18-9-7-16(8-10-18)11-20(24)23-31(27,28)19-6-4-5-17(12-19)21-22-15(3)13-29-21/h4-10,12-14H,11H2,1-3H3,(H,23,24). The van der Waals surface area contributed by atoms with Crippen molar-refractivity contribution in [2.24, 2.45) is 0 Å². The summed E-state index contributed by atoms with van der Waals surface area (Å²) < 4.78 is 51.7. The number of carbonyl (C=O) groups excluding carboxylic acids is 1. The molecule has 1 heterocycles. The van der Waals surface area contributed by atoms with E-state index < -0.39 is 31.0 Å². The lowest BCUT2D eigenvalue weighted by atomic mass is 10.1. The lowest BCUT2D eigenvalue weighted by Crippen LogP contribution is -2.31. The van der Waals surface area contributed by atoms with Crippen molar-refractivity contribution in [1.29, 1.82) is 0 Å². The van der Waals surface area contributed by atoms with Gasteiger partial charge in [0.15, 0.2) is 9.84 Å². The molecule has 0 atom stereocenters. The number of hydrogen-bond acceptors (Lipinski definition) is 7. The fourth-order valence-electron chi connectivity index (χ4n) is 2.78. The number of aromatic nitrogens is 1. The Bertz CT molecular complexity index is 1310. The van der Waals surface area contributed by atoms with Crippen LogP contribution in [-0.4, -0.2) is 33.0 Å². The highest BCUT2D eigenvalue weighted by Crippen LogP contribution is 2.25. The lowest BCUT2D eigenvalue weighted by molar-refractivity contribution is -0.118. The minimum absolute atomic E-state index is 0.0374. The molecule has 0 saturated heterocycles. The van der Waals surface area contributed by atoms with Crippen LogP contribution in [0.25, 0.3) is 10.6 Å². The second-order valence-electron chi connectivity index (χ2n) is 7.27. The molecular weight excluding hydrogens is 456 g/mol. The number of benzene rings is 2. The van der Waals surface area contributed by atoms with E-state index >= 15 is 0 Å². The number of carbonyl (C=O) groups is 1. The Morgan fingerprint density at radius 1 is 1.03 bits per heavy atom. The Morgan fingerprint density at radius 2 is 1.71 bits per heavy atom. The van der Waals surface area contributed by atoms with E-state index in [-0.39, 0.29) is 16.2 Å². The van der Waals surface area contributed by atoms with E-state index in [9.17, 15) is 21.6 Å². The number of rotatable bonds is 7. The molecule has 7 nitrogen and oxygen atoms in total. The fraction of sp³-hybridized carbons (Fsp3) is 0.238. The molecule has 0 aliphatic rings. The number of nitrogens with one attached hydrogen (secondary N) is 1. The summed E-state index contributed by atoms with van der Waals surface area (Å²) in [6.07, 6.45) is -0.202. The van der Waals surface area contributed by atoms with Gasteiger partial charge in [-0.05, 0) is 50.6 Å². The molecule has 2 aromatic carbocycles. The third kappa shape index (κ3) is 5.38. The number of amides is 1. The summed E-state index contributed by atoms with van der Waals surface area (Å²) in [6.45, 7) is 5.03. The van der Waals surface area contributed by atoms with Gasteiger partial charge in [-0.25, -0.2) is 26.5 Å². The van der Waals surface area contributed by atoms with Crippen molar-refractivity contribution in [1.82, 2.24) is 9.71 Å². The summed E-state index contributed by atoms with van der Waals surface area (Å²) in [5.41, 5.74) is 1.99. The maximum atomic E-state index is 12.7. The van der Waals surface area contributed by atoms with Crippen LogP contribution in [-0.2, 0) is 31.1 Å². The van der Waals surface area contributed by atoms with Gasteiger partial charge in [0.05, 0.1) is 21.5 Å². The third-order valence-corrected chi connectivity index (χ3v) is 9.05. The smallest absolute Gasteiger partial charge is 0.264 e. The van der Waals surface area contributed by atoms with Crippen LogP contribution in [0.3, 0.4) is 0 Å². The summed E-state index contributed by atoms with van der Waals surface area (Å²) in [5, 5.41) is 2.00. The van der Waals surface area contributed by atoms with Gasteiger partial charge >= 0.3 is 0 Å². The molecule has 0 fully saturated rings. The van der Waals surface area contributed by atoms with Crippen LogP contribution in [0.4, 0.5) is 0 Å². The maximum absolute atomic E-state index is 12.7. The van der Waals surface area contributed by atoms with E-state index in [1.807, 2.05) is 12.3 Å². The van der Waals surface area contributed by atoms with Crippen LogP contribution in [0.1, 0.15) is 25.1 Å². The van der Waals surface area contributed by atoms with Crippen molar-refractivity contribution in [3.63, 3.8) is 0 Å². The first-order valence-electron chi connectivity index (χ1n) is 9.40. The van der Waals surface area contributed by atoms with Gasteiger partial charge in [0.1, 0.15) is 5.01 Å². The molecule has 3 aromatic rings. The predicted molar refractivity (Wildman–Crippen MR) is 120 cm³/mol. The quantitative estimate of drug-likeness (QED) is 0.558. The molecule has 31 heavy (non-hydrogen) atoms. The number of sulfonamides is 1. The van der Waals surface area contributed by atoms with E-state index in [0.29, 0.717) is 16.1 Å². The first-order chi connectivity index (χ1) is 14.5. The van der Waals surface area contributed by atoms with Gasteiger partial charge in [-0.1, -0.05) is 24.3 Å². The summed E-state index contributed by atoms with van der Waals surface area (Å²) in [7, 11) is -7.48. The highest BCUT2D eigenvalue weighted by Gasteiger charge is 2.21. The van der Waals surface area contributed by atoms with Gasteiger partial charge in [0.2, 0.25) is 5.91 Å². The van der Waals surface area contributed by atoms with Crippen LogP contribution >= 0.6 is 11.3 Å². The van der Waals surface area contributed by atoms with Gasteiger partial charge in [-0.3, -0.25) is 4.79 Å². The summed E-state index contributed by atoms with van der Waals surface area (Å²) in [5.74, 6) is -0.713. The fourth-order valence-corrected chi connectivity index (χ4v) is 5.67. The van der Waals surface area contributed by atoms with E-state index in [0.717, 1.165) is 5.69 Å². The highest BCUT2D eigenvalue weighted by molar-refractivity contribution is 7.92. The lowest BCUT2D eigenvalue weighted by Gasteiger charge is -2.10. The maximum Gasteiger partial charge on any atom is 0.264 e. The zero-order valence-electron chi connectivity index (χ0n) is 17.2. The molecule has 3 rings (SSSR count). The van der Waals surface area contributed by atoms with E-state index in [2.05, 4.69) is 9.71 Å². The number of aryl methyl sites for hydroxylation is 1. The zero-order valence-corrected chi connectivity index (χ0v) is 19.6. The van der Waals surface area contributed by atoms with Crippen molar-refractivity contribution < 1.29 is 21.6 Å². The van der Waals surface area contributed by atoms with Gasteiger partial charge in [-0.15, -0.1) is 11.3 Å². The van der Waals surface area contributed by atoms with Crippen LogP contribution in [0.2, 0.25) is 0 Å². The van der Waals surface area contributed by atoms with E-state index in [1.165, 1.54) is 47.7 Å². The molecular formula is C21H22N2O5S3. The first kappa shape index (κ1) is 23.1. The second-order valence-corrected chi connectivity index (χ2v) is 12.3. The zero-order chi connectivity index (χ0) is 22.8. The molecule has 0 aliphatic heterocycles. The number of hydrogen-bond donors (Lipinski definition) is 1. The van der Waals surface area contributed by atoms with Gasteiger partial charge in [-0.2, -0.15) is 0 Å². The molecule has 10 heteroatoms. The first-order valence-corrected chi connectivity index (χ1v) is 13.3. The SMILES string of the molecule is Cc1csc(-c2cccc(S(=O)(=O)NC(=O)Cc3ccc(S(=O)(=O)C(C)C)cc3)c2)n1. The van der Waals surface area contributed by atoms with Crippen LogP contribution < -0.4 is 4.72 Å². The Morgan fingerprint density at radius 3 is 2.29 bits per heavy atom. The van der Waals surface area contributed by atoms with Crippen molar-refractivity contribution in [3.8, 4) is 10.6 Å². The minimum atomic E-state index is -4.06. The Balaban J connectivity index is 1.73. The number of nitrogens with zero attached hydrogens (tertiary/aromatic N) is 1. The molecule has 0 radical (unpaired) electrons. The monoisotopic (exact) mass is 478 g/mol. The average Bonchev–Trinajstić information content (AvgIpc) is 3.14. The van der Waals surface area contributed by atoms with Crippen LogP contribution in [0.5, 0.6) is 0 Å². The average molecular weight is 479 g/mol. The molecule has 164 valence electrons. The predicted octanol–water partition coefficient (Wildman–Crippen LogP) is 3.35. The molecule has 0 saturated carbocycles. The topological polar surface area (TPSA) is 110 Å². The molecule has 1 N–H and O–H groups in total.